The van der Waals surface area contributed by atoms with Gasteiger partial charge >= 0.3 is 11.9 Å². The van der Waals surface area contributed by atoms with Gasteiger partial charge in [-0.15, -0.1) is 0 Å². The van der Waals surface area contributed by atoms with Crippen LogP contribution in [0.4, 0.5) is 11.4 Å². The molecule has 2 aromatic carbocycles. The number of nitrogens with one attached hydrogen (secondary N) is 1. The lowest BCUT2D eigenvalue weighted by Crippen LogP contribution is -2.52. The Bertz CT molecular complexity index is 1280. The number of hydrazine groups is 1. The van der Waals surface area contributed by atoms with Crippen LogP contribution >= 0.6 is 23.5 Å². The monoisotopic (exact) mass is 524 g/mol. The van der Waals surface area contributed by atoms with Crippen molar-refractivity contribution in [2.45, 2.75) is 5.50 Å². The molecular formula is C24H20N4O6S2. The van der Waals surface area contributed by atoms with Crippen molar-refractivity contribution < 1.29 is 28.7 Å². The van der Waals surface area contributed by atoms with E-state index in [1.807, 2.05) is 6.07 Å². The van der Waals surface area contributed by atoms with Gasteiger partial charge in [-0.2, -0.15) is 5.43 Å². The first-order valence-corrected chi connectivity index (χ1v) is 12.2. The molecule has 12 heteroatoms. The van der Waals surface area contributed by atoms with Gasteiger partial charge in [0.15, 0.2) is 10.7 Å². The largest absolute Gasteiger partial charge is 0.466 e. The van der Waals surface area contributed by atoms with Crippen LogP contribution in [-0.4, -0.2) is 53.6 Å². The van der Waals surface area contributed by atoms with Gasteiger partial charge in [0.2, 0.25) is 0 Å². The summed E-state index contributed by atoms with van der Waals surface area (Å²) in [6.07, 6.45) is 2.19. The Morgan fingerprint density at radius 1 is 0.889 bits per heavy atom. The molecule has 0 radical (unpaired) electrons. The summed E-state index contributed by atoms with van der Waals surface area (Å²) in [5, 5.41) is 1.42. The number of methoxy groups -OCH3 is 2. The zero-order valence-electron chi connectivity index (χ0n) is 19.1. The van der Waals surface area contributed by atoms with E-state index in [0.717, 1.165) is 35.7 Å². The van der Waals surface area contributed by atoms with Crippen LogP contribution in [0.25, 0.3) is 0 Å². The van der Waals surface area contributed by atoms with Gasteiger partial charge in [0, 0.05) is 17.8 Å². The highest BCUT2D eigenvalue weighted by molar-refractivity contribution is 8.18. The second kappa shape index (κ2) is 11.2. The molecule has 2 aliphatic rings. The van der Waals surface area contributed by atoms with Crippen LogP contribution in [0.15, 0.2) is 87.6 Å². The number of anilines is 1. The first kappa shape index (κ1) is 25.2. The lowest BCUT2D eigenvalue weighted by molar-refractivity contribution is -0.135. The van der Waals surface area contributed by atoms with E-state index in [4.69, 9.17) is 0 Å². The molecule has 1 unspecified atom stereocenters. The highest BCUT2D eigenvalue weighted by atomic mass is 32.2. The molecule has 0 bridgehead atoms. The number of rotatable bonds is 6. The molecule has 2 fully saturated rings. The molecule has 2 amide bonds. The summed E-state index contributed by atoms with van der Waals surface area (Å²) in [4.78, 5) is 56.3. The third-order valence-corrected chi connectivity index (χ3v) is 6.92. The van der Waals surface area contributed by atoms with E-state index >= 15 is 0 Å². The Hall–Kier alpha value is -3.87. The molecule has 1 atom stereocenters. The number of nitrogens with zero attached hydrogens (tertiary/aromatic N) is 3. The molecule has 0 spiro atoms. The minimum Gasteiger partial charge on any atom is -0.466 e. The lowest BCUT2D eigenvalue weighted by Gasteiger charge is -2.28. The number of amidine groups is 1. The fraction of sp³-hybridized carbons (Fsp3) is 0.125. The summed E-state index contributed by atoms with van der Waals surface area (Å²) in [5.41, 5.74) is 3.34. The number of thioether (sulfide) groups is 2. The maximum absolute atomic E-state index is 13.3. The van der Waals surface area contributed by atoms with Crippen LogP contribution in [-0.2, 0) is 28.7 Å². The molecule has 2 aromatic rings. The van der Waals surface area contributed by atoms with Gasteiger partial charge in [-0.25, -0.2) is 19.6 Å². The minimum absolute atomic E-state index is 0.0925. The Morgan fingerprint density at radius 3 is 2.08 bits per heavy atom. The van der Waals surface area contributed by atoms with Crippen molar-refractivity contribution in [3.05, 3.63) is 82.6 Å². The van der Waals surface area contributed by atoms with Crippen molar-refractivity contribution in [1.82, 2.24) is 10.4 Å². The van der Waals surface area contributed by atoms with Crippen molar-refractivity contribution in [1.29, 1.82) is 0 Å². The van der Waals surface area contributed by atoms with Crippen LogP contribution in [0.2, 0.25) is 0 Å². The molecular weight excluding hydrogens is 504 g/mol. The van der Waals surface area contributed by atoms with Gasteiger partial charge in [-0.1, -0.05) is 48.2 Å². The predicted octanol–water partition coefficient (Wildman–Crippen LogP) is 2.93. The molecule has 0 aromatic heterocycles. The topological polar surface area (TPSA) is 118 Å². The molecule has 4 rings (SSSR count). The van der Waals surface area contributed by atoms with Crippen molar-refractivity contribution in [3.8, 4) is 0 Å². The van der Waals surface area contributed by atoms with Crippen molar-refractivity contribution >= 4 is 63.8 Å². The zero-order chi connectivity index (χ0) is 25.7. The summed E-state index contributed by atoms with van der Waals surface area (Å²) in [6, 6.07) is 17.8. The average molecular weight is 525 g/mol. The van der Waals surface area contributed by atoms with Crippen LogP contribution in [0.1, 0.15) is 0 Å². The molecule has 184 valence electrons. The molecule has 2 saturated heterocycles. The number of esters is 2. The van der Waals surface area contributed by atoms with Gasteiger partial charge in [0.25, 0.3) is 11.8 Å². The highest BCUT2D eigenvalue weighted by Gasteiger charge is 2.43. The summed E-state index contributed by atoms with van der Waals surface area (Å²) < 4.78 is 9.34. The van der Waals surface area contributed by atoms with Crippen molar-refractivity contribution in [2.75, 3.05) is 19.1 Å². The number of carbonyl (C=O) groups is 4. The van der Waals surface area contributed by atoms with Gasteiger partial charge < -0.3 is 9.47 Å². The van der Waals surface area contributed by atoms with Crippen LogP contribution in [0, 0.1) is 0 Å². The third-order valence-electron chi connectivity index (χ3n) is 4.86. The molecule has 2 heterocycles. The standard InChI is InChI=1S/C24H20N4O6S2/c1-33-19(29)13-17-21(31)27(16-11-7-4-8-12-16)24(36-17)26-28-22(32)18(14-20(30)34-2)35-23(28)25-15-9-5-3-6-10-15/h3-14,24,26H,1-2H3/b17-13+,18-14-,25-23?. The Morgan fingerprint density at radius 2 is 1.47 bits per heavy atom. The predicted molar refractivity (Wildman–Crippen MR) is 137 cm³/mol. The van der Waals surface area contributed by atoms with E-state index in [0.29, 0.717) is 11.4 Å². The van der Waals surface area contributed by atoms with E-state index in [-0.39, 0.29) is 15.0 Å². The SMILES string of the molecule is COC(=O)/C=C1\SC(=Nc2ccccc2)N(NC2S/C(=C/C(=O)OC)C(=O)N2c2ccccc2)C1=O. The minimum atomic E-state index is -0.821. The van der Waals surface area contributed by atoms with E-state index in [1.54, 1.807) is 54.6 Å². The number of benzene rings is 2. The van der Waals surface area contributed by atoms with Crippen LogP contribution in [0.3, 0.4) is 0 Å². The smallest absolute Gasteiger partial charge is 0.331 e. The number of carbonyl (C=O) groups excluding carboxylic acids is 4. The number of para-hydroxylation sites is 2. The fourth-order valence-electron chi connectivity index (χ4n) is 3.19. The van der Waals surface area contributed by atoms with E-state index in [1.165, 1.54) is 24.1 Å². The van der Waals surface area contributed by atoms with Crippen molar-refractivity contribution in [3.63, 3.8) is 0 Å². The van der Waals surface area contributed by atoms with Crippen molar-refractivity contribution in [2.24, 2.45) is 4.99 Å². The fourth-order valence-corrected chi connectivity index (χ4v) is 5.18. The number of amides is 2. The first-order valence-electron chi connectivity index (χ1n) is 10.5. The average Bonchev–Trinajstić information content (AvgIpc) is 3.35. The first-order chi connectivity index (χ1) is 17.4. The summed E-state index contributed by atoms with van der Waals surface area (Å²) in [7, 11) is 2.43. The maximum atomic E-state index is 13.3. The quantitative estimate of drug-likeness (QED) is 0.450. The number of aliphatic imine (C=N–C) groups is 1. The van der Waals surface area contributed by atoms with Gasteiger partial charge in [0.05, 0.1) is 29.7 Å². The van der Waals surface area contributed by atoms with E-state index in [2.05, 4.69) is 19.9 Å². The van der Waals surface area contributed by atoms with Crippen LogP contribution in [0.5, 0.6) is 0 Å². The van der Waals surface area contributed by atoms with Gasteiger partial charge in [-0.3, -0.25) is 14.5 Å². The lowest BCUT2D eigenvalue weighted by atomic mass is 10.3. The molecule has 0 saturated carbocycles. The molecule has 1 N–H and O–H groups in total. The zero-order valence-corrected chi connectivity index (χ0v) is 20.7. The van der Waals surface area contributed by atoms with Gasteiger partial charge in [0.1, 0.15) is 0 Å². The highest BCUT2D eigenvalue weighted by Crippen LogP contribution is 2.39. The van der Waals surface area contributed by atoms with E-state index in [9.17, 15) is 19.2 Å². The Kier molecular flexibility index (Phi) is 7.88. The number of ether oxygens (including phenoxy) is 2. The molecule has 36 heavy (non-hydrogen) atoms. The second-order valence-electron chi connectivity index (χ2n) is 7.15. The number of hydrogen-bond acceptors (Lipinski definition) is 10. The Balaban J connectivity index is 1.72. The van der Waals surface area contributed by atoms with Crippen LogP contribution < -0.4 is 10.3 Å². The Labute approximate surface area is 215 Å². The second-order valence-corrected chi connectivity index (χ2v) is 9.28. The number of hydrogen-bond donors (Lipinski definition) is 1. The third kappa shape index (κ3) is 5.51. The van der Waals surface area contributed by atoms with E-state index < -0.39 is 29.3 Å². The molecule has 2 aliphatic heterocycles. The molecule has 0 aliphatic carbocycles. The normalized spacial score (nSPS) is 21.1. The maximum Gasteiger partial charge on any atom is 0.331 e. The summed E-state index contributed by atoms with van der Waals surface area (Å²) >= 11 is 2.02. The van der Waals surface area contributed by atoms with Gasteiger partial charge in [-0.05, 0) is 36.0 Å². The summed E-state index contributed by atoms with van der Waals surface area (Å²) in [5.74, 6) is -2.36. The molecule has 10 nitrogen and oxygen atoms in total. The summed E-state index contributed by atoms with van der Waals surface area (Å²) in [6.45, 7) is 0.